The molecule has 0 radical (unpaired) electrons. The van der Waals surface area contributed by atoms with E-state index in [2.05, 4.69) is 4.72 Å². The van der Waals surface area contributed by atoms with Crippen LogP contribution in [0.2, 0.25) is 0 Å². The van der Waals surface area contributed by atoms with Gasteiger partial charge in [0.05, 0.1) is 19.8 Å². The van der Waals surface area contributed by atoms with Crippen LogP contribution in [0.25, 0.3) is 0 Å². The van der Waals surface area contributed by atoms with Crippen LogP contribution in [0.15, 0.2) is 11.0 Å². The van der Waals surface area contributed by atoms with Crippen LogP contribution in [0.4, 0.5) is 0 Å². The first-order valence-electron chi connectivity index (χ1n) is 6.56. The van der Waals surface area contributed by atoms with Gasteiger partial charge in [-0.15, -0.1) is 0 Å². The Hall–Kier alpha value is -1.31. The summed E-state index contributed by atoms with van der Waals surface area (Å²) in [6, 6.07) is 1.90. The third kappa shape index (κ3) is 2.25. The number of hydrogen-bond acceptors (Lipinski definition) is 5. The number of sulfonamides is 1. The predicted molar refractivity (Wildman–Crippen MR) is 71.9 cm³/mol. The molecule has 0 aromatic heterocycles. The number of methoxy groups -OCH3 is 1. The molecule has 1 aromatic carbocycles. The number of nitrogens with one attached hydrogen (secondary N) is 1. The maximum absolute atomic E-state index is 12.5. The molecule has 0 saturated heterocycles. The Bertz CT molecular complexity index is 594. The Kier molecular flexibility index (Phi) is 3.57. The second kappa shape index (κ2) is 5.23. The summed E-state index contributed by atoms with van der Waals surface area (Å²) in [5.41, 5.74) is 1.62. The molecule has 0 unspecified atom stereocenters. The molecule has 2 aliphatic rings. The van der Waals surface area contributed by atoms with E-state index in [1.54, 1.807) is 0 Å². The third-order valence-corrected chi connectivity index (χ3v) is 5.02. The van der Waals surface area contributed by atoms with Gasteiger partial charge in [0, 0.05) is 37.6 Å². The largest absolute Gasteiger partial charge is 0.493 e. The van der Waals surface area contributed by atoms with Crippen molar-refractivity contribution in [3.63, 3.8) is 0 Å². The Morgan fingerprint density at radius 1 is 1.30 bits per heavy atom. The smallest absolute Gasteiger partial charge is 0.244 e. The summed E-state index contributed by atoms with van der Waals surface area (Å²) in [4.78, 5) is 0.246. The molecule has 1 N–H and O–H groups in total. The predicted octanol–water partition coefficient (Wildman–Crippen LogP) is 0.481. The van der Waals surface area contributed by atoms with Crippen LogP contribution in [0.3, 0.4) is 0 Å². The molecule has 0 saturated carbocycles. The summed E-state index contributed by atoms with van der Waals surface area (Å²) in [6.45, 7) is 1.59. The first kappa shape index (κ1) is 13.7. The van der Waals surface area contributed by atoms with Crippen LogP contribution < -0.4 is 14.2 Å². The molecule has 0 fully saturated rings. The number of hydrogen-bond donors (Lipinski definition) is 1. The molecular weight excluding hydrogens is 282 g/mol. The van der Waals surface area contributed by atoms with Crippen molar-refractivity contribution < 1.29 is 22.6 Å². The molecule has 3 rings (SSSR count). The molecule has 1 aromatic rings. The molecule has 6 nitrogen and oxygen atoms in total. The normalized spacial score (nSPS) is 16.4. The Labute approximate surface area is 118 Å². The van der Waals surface area contributed by atoms with E-state index in [-0.39, 0.29) is 11.4 Å². The van der Waals surface area contributed by atoms with Gasteiger partial charge in [-0.3, -0.25) is 0 Å². The minimum atomic E-state index is -3.62. The Balaban J connectivity index is 2.04. The summed E-state index contributed by atoms with van der Waals surface area (Å²) < 4.78 is 43.5. The SMILES string of the molecule is COCCNS(=O)(=O)c1c2c(cc3c1OCC3)OCC2. The monoisotopic (exact) mass is 299 g/mol. The molecule has 0 amide bonds. The lowest BCUT2D eigenvalue weighted by Crippen LogP contribution is -2.28. The molecule has 0 aliphatic carbocycles. The summed E-state index contributed by atoms with van der Waals surface area (Å²) in [6.07, 6.45) is 1.30. The highest BCUT2D eigenvalue weighted by atomic mass is 32.2. The van der Waals surface area contributed by atoms with Crippen LogP contribution in [0, 0.1) is 0 Å². The van der Waals surface area contributed by atoms with E-state index >= 15 is 0 Å². The van der Waals surface area contributed by atoms with Crippen molar-refractivity contribution in [2.75, 3.05) is 33.5 Å². The molecule has 110 valence electrons. The highest BCUT2D eigenvalue weighted by molar-refractivity contribution is 7.89. The maximum Gasteiger partial charge on any atom is 0.244 e. The average molecular weight is 299 g/mol. The van der Waals surface area contributed by atoms with Gasteiger partial charge in [-0.05, 0) is 6.07 Å². The van der Waals surface area contributed by atoms with Gasteiger partial charge < -0.3 is 14.2 Å². The highest BCUT2D eigenvalue weighted by Crippen LogP contribution is 2.42. The van der Waals surface area contributed by atoms with Crippen LogP contribution in [0.5, 0.6) is 11.5 Å². The van der Waals surface area contributed by atoms with Gasteiger partial charge in [0.25, 0.3) is 0 Å². The molecule has 0 spiro atoms. The second-order valence-electron chi connectivity index (χ2n) is 4.76. The first-order chi connectivity index (χ1) is 9.63. The summed E-state index contributed by atoms with van der Waals surface area (Å²) in [7, 11) is -2.09. The van der Waals surface area contributed by atoms with E-state index in [0.717, 1.165) is 11.1 Å². The molecule has 0 bridgehead atoms. The Morgan fingerprint density at radius 3 is 2.90 bits per heavy atom. The van der Waals surface area contributed by atoms with Crippen molar-refractivity contribution >= 4 is 10.0 Å². The summed E-state index contributed by atoms with van der Waals surface area (Å²) >= 11 is 0. The minimum Gasteiger partial charge on any atom is -0.493 e. The summed E-state index contributed by atoms with van der Waals surface area (Å²) in [5, 5.41) is 0. The molecule has 7 heteroatoms. The van der Waals surface area contributed by atoms with E-state index in [4.69, 9.17) is 14.2 Å². The van der Waals surface area contributed by atoms with Crippen LogP contribution in [-0.4, -0.2) is 41.9 Å². The fraction of sp³-hybridized carbons (Fsp3) is 0.538. The fourth-order valence-electron chi connectivity index (χ4n) is 2.58. The zero-order valence-electron chi connectivity index (χ0n) is 11.3. The lowest BCUT2D eigenvalue weighted by atomic mass is 10.1. The maximum atomic E-state index is 12.5. The van der Waals surface area contributed by atoms with E-state index in [1.165, 1.54) is 7.11 Å². The number of fused-ring (bicyclic) bond motifs is 2. The van der Waals surface area contributed by atoms with Crippen molar-refractivity contribution in [3.8, 4) is 11.5 Å². The minimum absolute atomic E-state index is 0.234. The van der Waals surface area contributed by atoms with Crippen molar-refractivity contribution in [1.82, 2.24) is 4.72 Å². The van der Waals surface area contributed by atoms with E-state index < -0.39 is 10.0 Å². The lowest BCUT2D eigenvalue weighted by Gasteiger charge is -2.14. The topological polar surface area (TPSA) is 73.9 Å². The molecule has 2 heterocycles. The number of rotatable bonds is 5. The fourth-order valence-corrected chi connectivity index (χ4v) is 4.03. The molecular formula is C13H17NO5S. The molecule has 2 aliphatic heterocycles. The van der Waals surface area contributed by atoms with E-state index in [1.807, 2.05) is 6.07 Å². The summed E-state index contributed by atoms with van der Waals surface area (Å²) in [5.74, 6) is 1.15. The lowest BCUT2D eigenvalue weighted by molar-refractivity contribution is 0.204. The second-order valence-corrected chi connectivity index (χ2v) is 6.46. The van der Waals surface area contributed by atoms with Crippen LogP contribution in [0.1, 0.15) is 11.1 Å². The van der Waals surface area contributed by atoms with Crippen molar-refractivity contribution in [2.24, 2.45) is 0 Å². The number of benzene rings is 1. The van der Waals surface area contributed by atoms with Gasteiger partial charge in [0.2, 0.25) is 10.0 Å². The Morgan fingerprint density at radius 2 is 2.10 bits per heavy atom. The van der Waals surface area contributed by atoms with Crippen molar-refractivity contribution in [1.29, 1.82) is 0 Å². The molecule has 20 heavy (non-hydrogen) atoms. The average Bonchev–Trinajstić information content (AvgIpc) is 3.03. The van der Waals surface area contributed by atoms with Crippen molar-refractivity contribution in [2.45, 2.75) is 17.7 Å². The van der Waals surface area contributed by atoms with Gasteiger partial charge in [-0.1, -0.05) is 0 Å². The third-order valence-electron chi connectivity index (χ3n) is 3.47. The van der Waals surface area contributed by atoms with E-state index in [9.17, 15) is 8.42 Å². The van der Waals surface area contributed by atoms with E-state index in [0.29, 0.717) is 44.2 Å². The highest BCUT2D eigenvalue weighted by Gasteiger charge is 2.33. The van der Waals surface area contributed by atoms with Gasteiger partial charge in [0.15, 0.2) is 0 Å². The van der Waals surface area contributed by atoms with Crippen LogP contribution >= 0.6 is 0 Å². The zero-order chi connectivity index (χ0) is 14.2. The van der Waals surface area contributed by atoms with Gasteiger partial charge >= 0.3 is 0 Å². The van der Waals surface area contributed by atoms with Crippen LogP contribution in [-0.2, 0) is 27.6 Å². The first-order valence-corrected chi connectivity index (χ1v) is 8.05. The zero-order valence-corrected chi connectivity index (χ0v) is 12.1. The quantitative estimate of drug-likeness (QED) is 0.801. The van der Waals surface area contributed by atoms with Crippen molar-refractivity contribution in [3.05, 3.63) is 17.2 Å². The number of ether oxygens (including phenoxy) is 3. The van der Waals surface area contributed by atoms with Gasteiger partial charge in [-0.25, -0.2) is 13.1 Å². The van der Waals surface area contributed by atoms with Gasteiger partial charge in [0.1, 0.15) is 16.4 Å². The standard InChI is InChI=1S/C13H17NO5S/c1-17-7-4-14-20(15,16)13-10-3-6-18-11(10)8-9-2-5-19-12(9)13/h8,14H,2-7H2,1H3. The van der Waals surface area contributed by atoms with Gasteiger partial charge in [-0.2, -0.15) is 0 Å². The molecule has 0 atom stereocenters.